The molecule has 75 valence electrons. The first-order valence-corrected chi connectivity index (χ1v) is 5.03. The molecule has 1 heterocycles. The van der Waals surface area contributed by atoms with Gasteiger partial charge in [0, 0.05) is 13.2 Å². The molecule has 0 aliphatic carbocycles. The Labute approximate surface area is 83.9 Å². The van der Waals surface area contributed by atoms with Gasteiger partial charge >= 0.3 is 0 Å². The summed E-state index contributed by atoms with van der Waals surface area (Å²) in [5, 5.41) is 0. The van der Waals surface area contributed by atoms with Gasteiger partial charge in [-0.15, -0.1) is 0 Å². The highest BCUT2D eigenvalue weighted by molar-refractivity contribution is 5.25. The van der Waals surface area contributed by atoms with E-state index < -0.39 is 0 Å². The van der Waals surface area contributed by atoms with E-state index in [0.29, 0.717) is 5.92 Å². The van der Waals surface area contributed by atoms with Gasteiger partial charge in [-0.3, -0.25) is 0 Å². The van der Waals surface area contributed by atoms with Crippen molar-refractivity contribution in [1.82, 2.24) is 0 Å². The molecule has 2 heteroatoms. The van der Waals surface area contributed by atoms with Crippen LogP contribution in [0.15, 0.2) is 24.3 Å². The third-order valence-corrected chi connectivity index (χ3v) is 2.59. The lowest BCUT2D eigenvalue weighted by Gasteiger charge is -2.21. The van der Waals surface area contributed by atoms with Gasteiger partial charge in [0.25, 0.3) is 0 Å². The fraction of sp³-hybridized carbons (Fsp3) is 0.417. The Morgan fingerprint density at radius 2 is 1.93 bits per heavy atom. The smallest absolute Gasteiger partial charge is 0.126 e. The summed E-state index contributed by atoms with van der Waals surface area (Å²) in [5.74, 6) is 0.347. The highest BCUT2D eigenvalue weighted by atomic mass is 19.1. The first-order chi connectivity index (χ1) is 6.86. The molecule has 14 heavy (non-hydrogen) atoms. The summed E-state index contributed by atoms with van der Waals surface area (Å²) >= 11 is 0. The van der Waals surface area contributed by atoms with E-state index in [1.165, 1.54) is 6.07 Å². The maximum atomic E-state index is 13.3. The largest absolute Gasteiger partial charge is 0.381 e. The van der Waals surface area contributed by atoms with Crippen molar-refractivity contribution in [3.63, 3.8) is 0 Å². The standard InChI is InChI=1S/C12H14FO/c13-12-4-2-1-3-11(12)9-10-5-7-14-8-6-10/h1-4,9-10H,5-8H2. The normalized spacial score (nSPS) is 18.4. The molecule has 1 aromatic carbocycles. The zero-order valence-corrected chi connectivity index (χ0v) is 8.08. The van der Waals surface area contributed by atoms with Gasteiger partial charge in [-0.1, -0.05) is 18.2 Å². The minimum Gasteiger partial charge on any atom is -0.381 e. The number of ether oxygens (including phenoxy) is 1. The molecule has 1 fully saturated rings. The molecule has 0 bridgehead atoms. The Balaban J connectivity index is 1.99. The van der Waals surface area contributed by atoms with Crippen LogP contribution < -0.4 is 0 Å². The Hall–Kier alpha value is -0.890. The van der Waals surface area contributed by atoms with E-state index in [9.17, 15) is 4.39 Å². The zero-order chi connectivity index (χ0) is 9.80. The molecule has 1 aliphatic rings. The molecule has 1 nitrogen and oxygen atoms in total. The van der Waals surface area contributed by atoms with Crippen LogP contribution in [0.4, 0.5) is 4.39 Å². The highest BCUT2D eigenvalue weighted by Crippen LogP contribution is 2.23. The second-order valence-corrected chi connectivity index (χ2v) is 3.64. The first kappa shape index (κ1) is 9.66. The average Bonchev–Trinajstić information content (AvgIpc) is 2.23. The molecule has 1 saturated heterocycles. The van der Waals surface area contributed by atoms with Crippen molar-refractivity contribution in [2.45, 2.75) is 12.8 Å². The molecule has 2 rings (SSSR count). The van der Waals surface area contributed by atoms with Crippen molar-refractivity contribution in [3.8, 4) is 0 Å². The SMILES string of the molecule is Fc1ccccc1[CH]C1CCOCC1. The van der Waals surface area contributed by atoms with Gasteiger partial charge in [0.2, 0.25) is 0 Å². The molecular weight excluding hydrogens is 179 g/mol. The van der Waals surface area contributed by atoms with Gasteiger partial charge in [-0.25, -0.2) is 4.39 Å². The first-order valence-electron chi connectivity index (χ1n) is 5.03. The number of hydrogen-bond acceptors (Lipinski definition) is 1. The summed E-state index contributed by atoms with van der Waals surface area (Å²) in [5.41, 5.74) is 0.722. The molecule has 0 atom stereocenters. The van der Waals surface area contributed by atoms with Gasteiger partial charge in [0.05, 0.1) is 0 Å². The molecule has 0 saturated carbocycles. The average molecular weight is 193 g/mol. The predicted octanol–water partition coefficient (Wildman–Crippen LogP) is 2.80. The number of benzene rings is 1. The maximum Gasteiger partial charge on any atom is 0.126 e. The monoisotopic (exact) mass is 193 g/mol. The summed E-state index contributed by atoms with van der Waals surface area (Å²) in [6.45, 7) is 1.60. The Bertz CT molecular complexity index is 292. The quantitative estimate of drug-likeness (QED) is 0.701. The Morgan fingerprint density at radius 3 is 2.64 bits per heavy atom. The number of rotatable bonds is 2. The molecular formula is C12H14FO. The van der Waals surface area contributed by atoms with Crippen LogP contribution in [-0.2, 0) is 4.74 Å². The van der Waals surface area contributed by atoms with E-state index in [2.05, 4.69) is 0 Å². The van der Waals surface area contributed by atoms with Crippen molar-refractivity contribution in [2.75, 3.05) is 13.2 Å². The molecule has 0 amide bonds. The Morgan fingerprint density at radius 1 is 1.21 bits per heavy atom. The summed E-state index contributed by atoms with van der Waals surface area (Å²) in [4.78, 5) is 0. The molecule has 1 aliphatic heterocycles. The van der Waals surface area contributed by atoms with Crippen LogP contribution in [0.5, 0.6) is 0 Å². The van der Waals surface area contributed by atoms with E-state index in [4.69, 9.17) is 4.74 Å². The van der Waals surface area contributed by atoms with Gasteiger partial charge in [-0.05, 0) is 36.8 Å². The summed E-state index contributed by atoms with van der Waals surface area (Å²) in [7, 11) is 0. The van der Waals surface area contributed by atoms with Crippen LogP contribution in [0.1, 0.15) is 18.4 Å². The van der Waals surface area contributed by atoms with Crippen LogP contribution in [0.25, 0.3) is 0 Å². The van der Waals surface area contributed by atoms with E-state index in [-0.39, 0.29) is 5.82 Å². The van der Waals surface area contributed by atoms with Crippen LogP contribution in [-0.4, -0.2) is 13.2 Å². The topological polar surface area (TPSA) is 9.23 Å². The number of halogens is 1. The summed E-state index contributed by atoms with van der Waals surface area (Å²) in [6.07, 6.45) is 4.04. The lowest BCUT2D eigenvalue weighted by molar-refractivity contribution is 0.0754. The van der Waals surface area contributed by atoms with Crippen molar-refractivity contribution in [3.05, 3.63) is 42.1 Å². The minimum absolute atomic E-state index is 0.126. The zero-order valence-electron chi connectivity index (χ0n) is 8.08. The van der Waals surface area contributed by atoms with Crippen molar-refractivity contribution in [2.24, 2.45) is 5.92 Å². The summed E-state index contributed by atoms with van der Waals surface area (Å²) in [6, 6.07) is 6.92. The van der Waals surface area contributed by atoms with E-state index in [1.54, 1.807) is 6.07 Å². The predicted molar refractivity (Wildman–Crippen MR) is 53.3 cm³/mol. The summed E-state index contributed by atoms with van der Waals surface area (Å²) < 4.78 is 18.5. The minimum atomic E-state index is -0.126. The van der Waals surface area contributed by atoms with Crippen LogP contribution in [0.3, 0.4) is 0 Å². The molecule has 0 spiro atoms. The van der Waals surface area contributed by atoms with Gasteiger partial charge in [0.15, 0.2) is 0 Å². The van der Waals surface area contributed by atoms with Crippen LogP contribution in [0, 0.1) is 18.2 Å². The third kappa shape index (κ3) is 2.32. The lowest BCUT2D eigenvalue weighted by atomic mass is 9.92. The van der Waals surface area contributed by atoms with E-state index in [0.717, 1.165) is 31.6 Å². The Kier molecular flexibility index (Phi) is 3.14. The van der Waals surface area contributed by atoms with Gasteiger partial charge in [-0.2, -0.15) is 0 Å². The third-order valence-electron chi connectivity index (χ3n) is 2.59. The molecule has 1 radical (unpaired) electrons. The fourth-order valence-corrected chi connectivity index (χ4v) is 1.75. The fourth-order valence-electron chi connectivity index (χ4n) is 1.75. The van der Waals surface area contributed by atoms with E-state index >= 15 is 0 Å². The molecule has 0 unspecified atom stereocenters. The molecule has 0 N–H and O–H groups in total. The van der Waals surface area contributed by atoms with Gasteiger partial charge < -0.3 is 4.74 Å². The second kappa shape index (κ2) is 4.56. The van der Waals surface area contributed by atoms with Crippen molar-refractivity contribution in [1.29, 1.82) is 0 Å². The van der Waals surface area contributed by atoms with Gasteiger partial charge in [0.1, 0.15) is 5.82 Å². The van der Waals surface area contributed by atoms with Crippen molar-refractivity contribution >= 4 is 0 Å². The van der Waals surface area contributed by atoms with Crippen LogP contribution >= 0.6 is 0 Å². The van der Waals surface area contributed by atoms with Crippen molar-refractivity contribution < 1.29 is 9.13 Å². The number of hydrogen-bond donors (Lipinski definition) is 0. The van der Waals surface area contributed by atoms with E-state index in [1.807, 2.05) is 18.6 Å². The second-order valence-electron chi connectivity index (χ2n) is 3.64. The highest BCUT2D eigenvalue weighted by Gasteiger charge is 2.15. The maximum absolute atomic E-state index is 13.3. The lowest BCUT2D eigenvalue weighted by Crippen LogP contribution is -2.16. The van der Waals surface area contributed by atoms with Crippen LogP contribution in [0.2, 0.25) is 0 Å². The molecule has 0 aromatic heterocycles. The molecule has 1 aromatic rings.